The van der Waals surface area contributed by atoms with Crippen LogP contribution in [0, 0.1) is 11.3 Å². The quantitative estimate of drug-likeness (QED) is 0.753. The number of piperidine rings is 1. The Hall–Kier alpha value is -2.14. The minimum absolute atomic E-state index is 0.00171. The molecule has 1 aliphatic rings. The van der Waals surface area contributed by atoms with E-state index < -0.39 is 5.41 Å². The molecule has 4 nitrogen and oxygen atoms in total. The molecule has 0 atom stereocenters. The van der Waals surface area contributed by atoms with Crippen LogP contribution < -0.4 is 0 Å². The van der Waals surface area contributed by atoms with Crippen molar-refractivity contribution in [2.75, 3.05) is 27.2 Å². The number of thiophene rings is 1. The maximum Gasteiger partial charge on any atom is 0.228 e. The first-order valence-electron chi connectivity index (χ1n) is 9.96. The van der Waals surface area contributed by atoms with Crippen molar-refractivity contribution in [3.63, 3.8) is 0 Å². The molecule has 1 saturated heterocycles. The second-order valence-corrected chi connectivity index (χ2v) is 9.26. The molecule has 5 heteroatoms. The molecule has 0 saturated carbocycles. The van der Waals surface area contributed by atoms with Crippen LogP contribution in [0.5, 0.6) is 0 Å². The third-order valence-corrected chi connectivity index (χ3v) is 6.61. The molecule has 0 unspecified atom stereocenters. The highest BCUT2D eigenvalue weighted by atomic mass is 32.1. The van der Waals surface area contributed by atoms with Crippen molar-refractivity contribution in [1.82, 2.24) is 9.80 Å². The molecular formula is C23H30N2O2S. The molecule has 3 rings (SSSR count). The van der Waals surface area contributed by atoms with E-state index in [-0.39, 0.29) is 17.7 Å². The van der Waals surface area contributed by atoms with Crippen LogP contribution in [0.25, 0.3) is 10.4 Å². The van der Waals surface area contributed by atoms with Crippen LogP contribution in [0.2, 0.25) is 0 Å². The Bertz CT molecular complexity index is 802. The molecule has 0 radical (unpaired) electrons. The molecule has 2 amide bonds. The van der Waals surface area contributed by atoms with Crippen LogP contribution in [0.1, 0.15) is 32.3 Å². The summed E-state index contributed by atoms with van der Waals surface area (Å²) in [4.78, 5) is 30.4. The highest BCUT2D eigenvalue weighted by Gasteiger charge is 2.43. The van der Waals surface area contributed by atoms with Gasteiger partial charge in [-0.3, -0.25) is 9.59 Å². The van der Waals surface area contributed by atoms with Gasteiger partial charge < -0.3 is 9.80 Å². The number of carbonyl (C=O) groups excluding carboxylic acids is 2. The summed E-state index contributed by atoms with van der Waals surface area (Å²) in [5, 5.41) is 2.08. The van der Waals surface area contributed by atoms with Crippen LogP contribution in [0.4, 0.5) is 0 Å². The minimum Gasteiger partial charge on any atom is -0.348 e. The van der Waals surface area contributed by atoms with E-state index in [4.69, 9.17) is 0 Å². The van der Waals surface area contributed by atoms with Gasteiger partial charge in [0, 0.05) is 38.0 Å². The fourth-order valence-electron chi connectivity index (χ4n) is 4.08. The Morgan fingerprint density at radius 1 is 1.11 bits per heavy atom. The number of nitrogens with zero attached hydrogens (tertiary/aromatic N) is 2. The average Bonchev–Trinajstić information content (AvgIpc) is 3.22. The van der Waals surface area contributed by atoms with E-state index in [0.29, 0.717) is 13.1 Å². The maximum absolute atomic E-state index is 13.1. The van der Waals surface area contributed by atoms with Crippen LogP contribution in [-0.2, 0) is 16.0 Å². The molecule has 0 aliphatic carbocycles. The van der Waals surface area contributed by atoms with E-state index in [1.54, 1.807) is 16.2 Å². The second-order valence-electron chi connectivity index (χ2n) is 8.31. The predicted octanol–water partition coefficient (Wildman–Crippen LogP) is 4.31. The zero-order chi connectivity index (χ0) is 20.3. The Labute approximate surface area is 172 Å². The highest BCUT2D eigenvalue weighted by Crippen LogP contribution is 2.38. The topological polar surface area (TPSA) is 40.6 Å². The summed E-state index contributed by atoms with van der Waals surface area (Å²) in [6.45, 7) is 5.18. The molecule has 0 spiro atoms. The van der Waals surface area contributed by atoms with Crippen LogP contribution in [0.3, 0.4) is 0 Å². The molecule has 1 fully saturated rings. The fourth-order valence-corrected chi connectivity index (χ4v) is 4.81. The van der Waals surface area contributed by atoms with E-state index in [2.05, 4.69) is 41.8 Å². The molecule has 28 heavy (non-hydrogen) atoms. The molecule has 1 aromatic heterocycles. The first-order valence-corrected chi connectivity index (χ1v) is 10.8. The summed E-state index contributed by atoms with van der Waals surface area (Å²) >= 11 is 1.73. The Morgan fingerprint density at radius 3 is 2.25 bits per heavy atom. The maximum atomic E-state index is 13.1. The molecule has 0 bridgehead atoms. The Morgan fingerprint density at radius 2 is 1.75 bits per heavy atom. The number of amides is 2. The third kappa shape index (κ3) is 4.30. The summed E-state index contributed by atoms with van der Waals surface area (Å²) in [7, 11) is 3.66. The molecule has 150 valence electrons. The Kier molecular flexibility index (Phi) is 6.23. The van der Waals surface area contributed by atoms with E-state index in [1.165, 1.54) is 16.0 Å². The molecule has 1 aliphatic heterocycles. The zero-order valence-corrected chi connectivity index (χ0v) is 18.1. The third-order valence-electron chi connectivity index (χ3n) is 5.69. The largest absolute Gasteiger partial charge is 0.348 e. The van der Waals surface area contributed by atoms with Gasteiger partial charge in [0.1, 0.15) is 0 Å². The van der Waals surface area contributed by atoms with Gasteiger partial charge in [-0.05, 0) is 41.8 Å². The van der Waals surface area contributed by atoms with Gasteiger partial charge in [-0.25, -0.2) is 0 Å². The summed E-state index contributed by atoms with van der Waals surface area (Å²) in [5.74, 6) is 0.361. The smallest absolute Gasteiger partial charge is 0.228 e. The van der Waals surface area contributed by atoms with Gasteiger partial charge in [0.25, 0.3) is 0 Å². The monoisotopic (exact) mass is 398 g/mol. The van der Waals surface area contributed by atoms with E-state index in [0.717, 1.165) is 19.3 Å². The van der Waals surface area contributed by atoms with Gasteiger partial charge in [-0.2, -0.15) is 0 Å². The lowest BCUT2D eigenvalue weighted by molar-refractivity contribution is -0.147. The summed E-state index contributed by atoms with van der Waals surface area (Å²) in [5.41, 5.74) is 1.96. The van der Waals surface area contributed by atoms with Crippen LogP contribution in [0.15, 0.2) is 41.8 Å². The number of rotatable bonds is 5. The van der Waals surface area contributed by atoms with Gasteiger partial charge in [0.05, 0.1) is 5.41 Å². The molecule has 2 aromatic rings. The zero-order valence-electron chi connectivity index (χ0n) is 17.3. The predicted molar refractivity (Wildman–Crippen MR) is 115 cm³/mol. The number of carbonyl (C=O) groups is 2. The average molecular weight is 399 g/mol. The highest BCUT2D eigenvalue weighted by molar-refractivity contribution is 7.13. The number of likely N-dealkylation sites (tertiary alicyclic amines) is 1. The molecule has 1 aromatic carbocycles. The van der Waals surface area contributed by atoms with Crippen molar-refractivity contribution in [1.29, 1.82) is 0 Å². The number of hydrogen-bond donors (Lipinski definition) is 0. The molecule has 2 heterocycles. The lowest BCUT2D eigenvalue weighted by atomic mass is 9.72. The van der Waals surface area contributed by atoms with Crippen molar-refractivity contribution in [3.05, 3.63) is 47.3 Å². The summed E-state index contributed by atoms with van der Waals surface area (Å²) < 4.78 is 0. The van der Waals surface area contributed by atoms with Crippen molar-refractivity contribution in [2.45, 2.75) is 33.1 Å². The van der Waals surface area contributed by atoms with Gasteiger partial charge in [0.2, 0.25) is 11.8 Å². The van der Waals surface area contributed by atoms with Crippen molar-refractivity contribution < 1.29 is 9.59 Å². The summed E-state index contributed by atoms with van der Waals surface area (Å²) in [6, 6.07) is 12.8. The first kappa shape index (κ1) is 20.6. The molecule has 0 N–H and O–H groups in total. The van der Waals surface area contributed by atoms with Gasteiger partial charge in [0.15, 0.2) is 0 Å². The van der Waals surface area contributed by atoms with Crippen molar-refractivity contribution >= 4 is 23.2 Å². The van der Waals surface area contributed by atoms with Crippen molar-refractivity contribution in [2.24, 2.45) is 11.3 Å². The van der Waals surface area contributed by atoms with Gasteiger partial charge in [-0.1, -0.05) is 44.2 Å². The normalized spacial score (nSPS) is 16.2. The van der Waals surface area contributed by atoms with E-state index in [1.807, 2.05) is 32.8 Å². The lowest BCUT2D eigenvalue weighted by Crippen LogP contribution is -2.51. The van der Waals surface area contributed by atoms with E-state index in [9.17, 15) is 9.59 Å². The first-order chi connectivity index (χ1) is 13.3. The minimum atomic E-state index is -0.429. The number of benzene rings is 1. The van der Waals surface area contributed by atoms with Crippen LogP contribution in [-0.4, -0.2) is 48.8 Å². The van der Waals surface area contributed by atoms with Gasteiger partial charge in [-0.15, -0.1) is 11.3 Å². The Balaban J connectivity index is 1.78. The SMILES string of the molecule is CC(C)C(=O)N1CCC(Cc2ccc(-c3cccs3)cc2)(C(=O)N(C)C)CC1. The van der Waals surface area contributed by atoms with Crippen LogP contribution >= 0.6 is 11.3 Å². The number of hydrogen-bond acceptors (Lipinski definition) is 3. The van der Waals surface area contributed by atoms with Gasteiger partial charge >= 0.3 is 0 Å². The van der Waals surface area contributed by atoms with Crippen molar-refractivity contribution in [3.8, 4) is 10.4 Å². The summed E-state index contributed by atoms with van der Waals surface area (Å²) in [6.07, 6.45) is 2.16. The standard InChI is InChI=1S/C23H30N2O2S/c1-17(2)21(26)25-13-11-23(12-14-25,22(27)24(3)4)16-18-7-9-19(10-8-18)20-6-5-15-28-20/h5-10,15,17H,11-14,16H2,1-4H3. The second kappa shape index (κ2) is 8.48. The van der Waals surface area contributed by atoms with E-state index >= 15 is 0 Å². The fraction of sp³-hybridized carbons (Fsp3) is 0.478. The molecular weight excluding hydrogens is 368 g/mol. The lowest BCUT2D eigenvalue weighted by Gasteiger charge is -2.42.